The van der Waals surface area contributed by atoms with Crippen LogP contribution in [0.2, 0.25) is 0 Å². The second-order valence-corrected chi connectivity index (χ2v) is 5.84. The maximum absolute atomic E-state index is 5.79. The molecular formula is C17H27NO2. The van der Waals surface area contributed by atoms with Crippen LogP contribution in [-0.4, -0.2) is 26.3 Å². The van der Waals surface area contributed by atoms with E-state index < -0.39 is 0 Å². The lowest BCUT2D eigenvalue weighted by Crippen LogP contribution is -2.35. The molecule has 3 nitrogen and oxygen atoms in total. The molecule has 0 radical (unpaired) electrons. The van der Waals surface area contributed by atoms with Crippen LogP contribution in [0.3, 0.4) is 0 Å². The summed E-state index contributed by atoms with van der Waals surface area (Å²) >= 11 is 0. The Hall–Kier alpha value is -1.06. The number of hydrogen-bond acceptors (Lipinski definition) is 3. The molecule has 0 amide bonds. The van der Waals surface area contributed by atoms with E-state index in [2.05, 4.69) is 18.3 Å². The third kappa shape index (κ3) is 5.14. The minimum Gasteiger partial charge on any atom is -0.492 e. The van der Waals surface area contributed by atoms with Gasteiger partial charge in [0, 0.05) is 19.7 Å². The van der Waals surface area contributed by atoms with Gasteiger partial charge in [-0.15, -0.1) is 0 Å². The van der Waals surface area contributed by atoms with Gasteiger partial charge in [0.1, 0.15) is 12.4 Å². The number of ether oxygens (including phenoxy) is 2. The standard InChI is InChI=1S/C17H27NO2/c1-14-6-8-16(9-7-14)18-10-11-20-17-5-3-4-15(12-17)13-19-2/h3-5,12,14,16,18H,6-11,13H2,1-2H3. The Morgan fingerprint density at radius 3 is 2.75 bits per heavy atom. The van der Waals surface area contributed by atoms with Crippen LogP contribution < -0.4 is 10.1 Å². The fraction of sp³-hybridized carbons (Fsp3) is 0.647. The van der Waals surface area contributed by atoms with Gasteiger partial charge in [0.05, 0.1) is 6.61 Å². The third-order valence-corrected chi connectivity index (χ3v) is 4.03. The molecular weight excluding hydrogens is 250 g/mol. The molecule has 1 aliphatic rings. The molecule has 0 aliphatic heterocycles. The molecule has 0 atom stereocenters. The molecule has 112 valence electrons. The Morgan fingerprint density at radius 2 is 2.00 bits per heavy atom. The van der Waals surface area contributed by atoms with E-state index in [1.807, 2.05) is 18.2 Å². The molecule has 20 heavy (non-hydrogen) atoms. The molecule has 0 unspecified atom stereocenters. The van der Waals surface area contributed by atoms with Crippen LogP contribution in [0.1, 0.15) is 38.2 Å². The second-order valence-electron chi connectivity index (χ2n) is 5.84. The van der Waals surface area contributed by atoms with Gasteiger partial charge in [-0.05, 0) is 49.3 Å². The fourth-order valence-corrected chi connectivity index (χ4v) is 2.79. The van der Waals surface area contributed by atoms with E-state index >= 15 is 0 Å². The Morgan fingerprint density at radius 1 is 1.20 bits per heavy atom. The van der Waals surface area contributed by atoms with Crippen LogP contribution in [0, 0.1) is 5.92 Å². The van der Waals surface area contributed by atoms with Crippen LogP contribution >= 0.6 is 0 Å². The van der Waals surface area contributed by atoms with Crippen LogP contribution in [0.15, 0.2) is 24.3 Å². The summed E-state index contributed by atoms with van der Waals surface area (Å²) in [7, 11) is 1.71. The first-order chi connectivity index (χ1) is 9.78. The molecule has 0 saturated heterocycles. The first kappa shape index (κ1) is 15.3. The minimum atomic E-state index is 0.635. The van der Waals surface area contributed by atoms with Gasteiger partial charge in [-0.1, -0.05) is 19.1 Å². The van der Waals surface area contributed by atoms with Crippen LogP contribution in [0.4, 0.5) is 0 Å². The van der Waals surface area contributed by atoms with Gasteiger partial charge in [0.25, 0.3) is 0 Å². The summed E-state index contributed by atoms with van der Waals surface area (Å²) in [4.78, 5) is 0. The van der Waals surface area contributed by atoms with Crippen molar-refractivity contribution < 1.29 is 9.47 Å². The minimum absolute atomic E-state index is 0.635. The summed E-state index contributed by atoms with van der Waals surface area (Å²) in [5.74, 6) is 1.84. The lowest BCUT2D eigenvalue weighted by molar-refractivity contribution is 0.184. The average Bonchev–Trinajstić information content (AvgIpc) is 2.46. The highest BCUT2D eigenvalue weighted by Gasteiger charge is 2.17. The molecule has 0 aromatic heterocycles. The van der Waals surface area contributed by atoms with E-state index in [1.165, 1.54) is 25.7 Å². The normalized spacial score (nSPS) is 22.7. The summed E-state index contributed by atoms with van der Waals surface area (Å²) in [6.45, 7) is 4.64. The lowest BCUT2D eigenvalue weighted by atomic mass is 9.87. The first-order valence-corrected chi connectivity index (χ1v) is 7.72. The molecule has 1 aromatic rings. The molecule has 0 heterocycles. The predicted octanol–water partition coefficient (Wildman–Crippen LogP) is 3.38. The molecule has 1 saturated carbocycles. The number of hydrogen-bond donors (Lipinski definition) is 1. The van der Waals surface area contributed by atoms with Crippen molar-refractivity contribution in [2.75, 3.05) is 20.3 Å². The van der Waals surface area contributed by atoms with Gasteiger partial charge in [-0.25, -0.2) is 0 Å². The monoisotopic (exact) mass is 277 g/mol. The van der Waals surface area contributed by atoms with Crippen molar-refractivity contribution in [1.82, 2.24) is 5.32 Å². The van der Waals surface area contributed by atoms with Crippen molar-refractivity contribution in [2.24, 2.45) is 5.92 Å². The van der Waals surface area contributed by atoms with E-state index in [0.29, 0.717) is 12.6 Å². The molecule has 1 aliphatic carbocycles. The number of rotatable bonds is 7. The Bertz CT molecular complexity index is 386. The van der Waals surface area contributed by atoms with Gasteiger partial charge >= 0.3 is 0 Å². The number of nitrogens with one attached hydrogen (secondary N) is 1. The Balaban J connectivity index is 1.64. The molecule has 2 rings (SSSR count). The zero-order valence-corrected chi connectivity index (χ0v) is 12.7. The van der Waals surface area contributed by atoms with Gasteiger partial charge in [-0.2, -0.15) is 0 Å². The molecule has 3 heteroatoms. The van der Waals surface area contributed by atoms with Crippen LogP contribution in [-0.2, 0) is 11.3 Å². The second kappa shape index (κ2) is 8.28. The zero-order chi connectivity index (χ0) is 14.2. The summed E-state index contributed by atoms with van der Waals surface area (Å²) in [5, 5.41) is 3.60. The highest BCUT2D eigenvalue weighted by atomic mass is 16.5. The van der Waals surface area contributed by atoms with E-state index in [-0.39, 0.29) is 0 Å². The predicted molar refractivity (Wildman–Crippen MR) is 82.1 cm³/mol. The maximum atomic E-state index is 5.79. The quantitative estimate of drug-likeness (QED) is 0.775. The third-order valence-electron chi connectivity index (χ3n) is 4.03. The molecule has 1 aromatic carbocycles. The van der Waals surface area contributed by atoms with Crippen molar-refractivity contribution in [3.8, 4) is 5.75 Å². The highest BCUT2D eigenvalue weighted by Crippen LogP contribution is 2.23. The maximum Gasteiger partial charge on any atom is 0.119 e. The summed E-state index contributed by atoms with van der Waals surface area (Å²) < 4.78 is 10.9. The van der Waals surface area contributed by atoms with E-state index in [9.17, 15) is 0 Å². The van der Waals surface area contributed by atoms with Gasteiger partial charge in [0.2, 0.25) is 0 Å². The molecule has 0 bridgehead atoms. The summed E-state index contributed by atoms with van der Waals surface area (Å²) in [6.07, 6.45) is 5.34. The van der Waals surface area contributed by atoms with Gasteiger partial charge < -0.3 is 14.8 Å². The average molecular weight is 277 g/mol. The largest absolute Gasteiger partial charge is 0.492 e. The molecule has 0 spiro atoms. The Labute approximate surface area is 122 Å². The SMILES string of the molecule is COCc1cccc(OCCNC2CCC(C)CC2)c1. The Kier molecular flexibility index (Phi) is 6.34. The molecule has 1 fully saturated rings. The van der Waals surface area contributed by atoms with E-state index in [4.69, 9.17) is 9.47 Å². The van der Waals surface area contributed by atoms with E-state index in [1.54, 1.807) is 7.11 Å². The smallest absolute Gasteiger partial charge is 0.119 e. The molecule has 1 N–H and O–H groups in total. The lowest BCUT2D eigenvalue weighted by Gasteiger charge is -2.27. The van der Waals surface area contributed by atoms with Gasteiger partial charge in [0.15, 0.2) is 0 Å². The number of benzene rings is 1. The summed E-state index contributed by atoms with van der Waals surface area (Å²) in [5.41, 5.74) is 1.15. The van der Waals surface area contributed by atoms with Crippen molar-refractivity contribution in [3.05, 3.63) is 29.8 Å². The van der Waals surface area contributed by atoms with Crippen LogP contribution in [0.25, 0.3) is 0 Å². The van der Waals surface area contributed by atoms with E-state index in [0.717, 1.165) is 30.4 Å². The van der Waals surface area contributed by atoms with Crippen molar-refractivity contribution in [2.45, 2.75) is 45.3 Å². The van der Waals surface area contributed by atoms with Crippen molar-refractivity contribution >= 4 is 0 Å². The van der Waals surface area contributed by atoms with Crippen molar-refractivity contribution in [3.63, 3.8) is 0 Å². The van der Waals surface area contributed by atoms with Crippen LogP contribution in [0.5, 0.6) is 5.75 Å². The number of methoxy groups -OCH3 is 1. The summed E-state index contributed by atoms with van der Waals surface area (Å²) in [6, 6.07) is 8.81. The zero-order valence-electron chi connectivity index (χ0n) is 12.7. The first-order valence-electron chi connectivity index (χ1n) is 7.72. The van der Waals surface area contributed by atoms with Gasteiger partial charge in [-0.3, -0.25) is 0 Å². The highest BCUT2D eigenvalue weighted by molar-refractivity contribution is 5.28. The topological polar surface area (TPSA) is 30.5 Å². The fourth-order valence-electron chi connectivity index (χ4n) is 2.79. The van der Waals surface area contributed by atoms with Crippen molar-refractivity contribution in [1.29, 1.82) is 0 Å².